The van der Waals surface area contributed by atoms with Gasteiger partial charge in [-0.1, -0.05) is 138 Å². The fourth-order valence-corrected chi connectivity index (χ4v) is 4.62. The second-order valence-electron chi connectivity index (χ2n) is 11.8. The predicted molar refractivity (Wildman–Crippen MR) is 188 cm³/mol. The summed E-state index contributed by atoms with van der Waals surface area (Å²) in [7, 11) is 0. The number of allylic oxidation sites excluding steroid dienone is 9. The van der Waals surface area contributed by atoms with Gasteiger partial charge in [-0.25, -0.2) is 0 Å². The van der Waals surface area contributed by atoms with Crippen molar-refractivity contribution >= 4 is 5.91 Å². The molecule has 0 heterocycles. The van der Waals surface area contributed by atoms with Crippen molar-refractivity contribution in [2.24, 2.45) is 0 Å². The summed E-state index contributed by atoms with van der Waals surface area (Å²) in [5.74, 6) is -0.322. The Bertz CT molecular complexity index is 862. The third kappa shape index (κ3) is 27.7. The summed E-state index contributed by atoms with van der Waals surface area (Å²) in [5.41, 5.74) is 0. The Morgan fingerprint density at radius 3 is 1.84 bits per heavy atom. The van der Waals surface area contributed by atoms with Crippen molar-refractivity contribution in [2.75, 3.05) is 6.61 Å². The van der Waals surface area contributed by atoms with E-state index >= 15 is 0 Å². The largest absolute Gasteiger partial charge is 0.394 e. The van der Waals surface area contributed by atoms with Crippen molar-refractivity contribution < 1.29 is 30.3 Å². The van der Waals surface area contributed by atoms with Crippen molar-refractivity contribution in [2.45, 2.75) is 153 Å². The van der Waals surface area contributed by atoms with Gasteiger partial charge in [0.05, 0.1) is 37.1 Å². The van der Waals surface area contributed by atoms with Gasteiger partial charge in [-0.05, 0) is 51.4 Å². The van der Waals surface area contributed by atoms with Gasteiger partial charge in [0.2, 0.25) is 5.91 Å². The Morgan fingerprint density at radius 1 is 0.600 bits per heavy atom. The fraction of sp³-hybridized carbons (Fsp3) is 0.658. The quantitative estimate of drug-likeness (QED) is 0.0302. The van der Waals surface area contributed by atoms with Crippen LogP contribution in [0.3, 0.4) is 0 Å². The summed E-state index contributed by atoms with van der Waals surface area (Å²) < 4.78 is 0. The first-order valence-electron chi connectivity index (χ1n) is 17.5. The van der Waals surface area contributed by atoms with Crippen molar-refractivity contribution in [3.8, 4) is 0 Å². The smallest absolute Gasteiger partial charge is 0.220 e. The van der Waals surface area contributed by atoms with Crippen molar-refractivity contribution in [3.05, 3.63) is 72.9 Å². The van der Waals surface area contributed by atoms with E-state index in [1.54, 1.807) is 36.5 Å². The number of aliphatic hydroxyl groups is 5. The van der Waals surface area contributed by atoms with Crippen molar-refractivity contribution in [1.82, 2.24) is 5.32 Å². The van der Waals surface area contributed by atoms with E-state index in [1.807, 2.05) is 18.2 Å². The Balaban J connectivity index is 4.11. The SMILES string of the molecule is CCC/C=C\CCCCCCCC/C=C/[C@@H](O)[C@H](CO)NC(=O)CCC[C@H](O)[C@@H](O)/C=C/C=C/C=C\C=C\[C@@H](O)CCCCC. The van der Waals surface area contributed by atoms with Crippen LogP contribution < -0.4 is 5.32 Å². The molecule has 1 amide bonds. The number of hydrogen-bond acceptors (Lipinski definition) is 6. The topological polar surface area (TPSA) is 130 Å². The zero-order chi connectivity index (χ0) is 33.4. The average molecular weight is 632 g/mol. The van der Waals surface area contributed by atoms with Crippen LogP contribution in [0.15, 0.2) is 72.9 Å². The minimum Gasteiger partial charge on any atom is -0.394 e. The Labute approximate surface area is 274 Å². The fourth-order valence-electron chi connectivity index (χ4n) is 4.62. The maximum Gasteiger partial charge on any atom is 0.220 e. The van der Waals surface area contributed by atoms with Crippen LogP contribution in [0.25, 0.3) is 0 Å². The zero-order valence-electron chi connectivity index (χ0n) is 28.2. The van der Waals surface area contributed by atoms with Gasteiger partial charge in [-0.3, -0.25) is 4.79 Å². The molecule has 0 aliphatic carbocycles. The highest BCUT2D eigenvalue weighted by Gasteiger charge is 2.19. The summed E-state index contributed by atoms with van der Waals surface area (Å²) in [6, 6.07) is -0.786. The number of aliphatic hydroxyl groups excluding tert-OH is 5. The molecule has 7 heteroatoms. The molecule has 0 fully saturated rings. The molecule has 6 N–H and O–H groups in total. The molecule has 7 nitrogen and oxygen atoms in total. The molecule has 0 aliphatic heterocycles. The monoisotopic (exact) mass is 631 g/mol. The second-order valence-corrected chi connectivity index (χ2v) is 11.8. The van der Waals surface area contributed by atoms with Crippen LogP contribution in [0.5, 0.6) is 0 Å². The van der Waals surface area contributed by atoms with Crippen LogP contribution in [-0.4, -0.2) is 68.5 Å². The molecule has 0 aromatic heterocycles. The Hall–Kier alpha value is -2.29. The van der Waals surface area contributed by atoms with Crippen molar-refractivity contribution in [1.29, 1.82) is 0 Å². The molecular formula is C38H65NO6. The highest BCUT2D eigenvalue weighted by molar-refractivity contribution is 5.76. The van der Waals surface area contributed by atoms with Crippen LogP contribution in [0.4, 0.5) is 0 Å². The van der Waals surface area contributed by atoms with E-state index < -0.39 is 30.5 Å². The first-order valence-corrected chi connectivity index (χ1v) is 17.5. The van der Waals surface area contributed by atoms with E-state index in [-0.39, 0.29) is 25.4 Å². The van der Waals surface area contributed by atoms with E-state index in [9.17, 15) is 30.3 Å². The van der Waals surface area contributed by atoms with Gasteiger partial charge in [-0.15, -0.1) is 0 Å². The predicted octanol–water partition coefficient (Wildman–Crippen LogP) is 6.92. The highest BCUT2D eigenvalue weighted by atomic mass is 16.3. The molecular weight excluding hydrogens is 566 g/mol. The Morgan fingerprint density at radius 2 is 1.20 bits per heavy atom. The van der Waals surface area contributed by atoms with Crippen LogP contribution in [0.1, 0.15) is 123 Å². The van der Waals surface area contributed by atoms with E-state index in [4.69, 9.17) is 0 Å². The molecule has 0 radical (unpaired) electrons. The molecule has 5 atom stereocenters. The summed E-state index contributed by atoms with van der Waals surface area (Å²) >= 11 is 0. The highest BCUT2D eigenvalue weighted by Crippen LogP contribution is 2.11. The maximum absolute atomic E-state index is 12.3. The van der Waals surface area contributed by atoms with E-state index in [0.29, 0.717) is 6.42 Å². The number of nitrogens with one attached hydrogen (secondary N) is 1. The number of amides is 1. The third-order valence-electron chi connectivity index (χ3n) is 7.50. The number of unbranched alkanes of at least 4 members (excludes halogenated alkanes) is 10. The molecule has 0 rings (SSSR count). The number of carbonyl (C=O) groups excluding carboxylic acids is 1. The number of rotatable bonds is 29. The van der Waals surface area contributed by atoms with Gasteiger partial charge < -0.3 is 30.8 Å². The summed E-state index contributed by atoms with van der Waals surface area (Å²) in [4.78, 5) is 12.3. The molecule has 0 aromatic carbocycles. The van der Waals surface area contributed by atoms with E-state index in [1.165, 1.54) is 51.0 Å². The second kappa shape index (κ2) is 31.7. The Kier molecular flexibility index (Phi) is 30.1. The first-order chi connectivity index (χ1) is 21.8. The van der Waals surface area contributed by atoms with Crippen molar-refractivity contribution in [3.63, 3.8) is 0 Å². The molecule has 0 spiro atoms. The molecule has 0 aliphatic rings. The first kappa shape index (κ1) is 42.7. The lowest BCUT2D eigenvalue weighted by atomic mass is 10.1. The number of carbonyl (C=O) groups is 1. The molecule has 0 bridgehead atoms. The summed E-state index contributed by atoms with van der Waals surface area (Å²) in [5, 5.41) is 52.9. The summed E-state index contributed by atoms with van der Waals surface area (Å²) in [6.45, 7) is 3.95. The molecule has 0 unspecified atom stereocenters. The molecule has 0 saturated heterocycles. The molecule has 45 heavy (non-hydrogen) atoms. The van der Waals surface area contributed by atoms with Gasteiger partial charge in [0.15, 0.2) is 0 Å². The van der Waals surface area contributed by atoms with E-state index in [0.717, 1.165) is 44.9 Å². The van der Waals surface area contributed by atoms with E-state index in [2.05, 4.69) is 31.3 Å². The zero-order valence-corrected chi connectivity index (χ0v) is 28.2. The minimum absolute atomic E-state index is 0.112. The average Bonchev–Trinajstić information content (AvgIpc) is 3.03. The van der Waals surface area contributed by atoms with Crippen LogP contribution >= 0.6 is 0 Å². The lowest BCUT2D eigenvalue weighted by molar-refractivity contribution is -0.123. The lowest BCUT2D eigenvalue weighted by Crippen LogP contribution is -2.45. The minimum atomic E-state index is -1.06. The van der Waals surface area contributed by atoms with Crippen LogP contribution in [0, 0.1) is 0 Å². The number of hydrogen-bond donors (Lipinski definition) is 6. The van der Waals surface area contributed by atoms with Gasteiger partial charge in [0.1, 0.15) is 0 Å². The normalized spacial score (nSPS) is 16.2. The molecule has 0 aromatic rings. The standard InChI is InChI=1S/C38H65NO6/c1-3-5-7-8-9-10-11-12-13-14-15-19-23-28-35(42)34(32-40)39-38(45)31-25-30-37(44)36(43)29-24-20-17-16-18-22-27-33(41)26-21-6-4-2/h7-8,16-18,20,22-24,27-29,33-37,40-44H,3-6,9-15,19,21,25-26,30-32H2,1-2H3,(H,39,45)/b8-7-,18-16-,20-17+,27-22+,28-23+,29-24+/t33-,34-,35+,36-,37-/m0/s1. The summed E-state index contributed by atoms with van der Waals surface area (Å²) in [6.07, 6.45) is 34.8. The van der Waals surface area contributed by atoms with Gasteiger partial charge in [-0.2, -0.15) is 0 Å². The third-order valence-corrected chi connectivity index (χ3v) is 7.50. The van der Waals surface area contributed by atoms with Gasteiger partial charge >= 0.3 is 0 Å². The van der Waals surface area contributed by atoms with Crippen LogP contribution in [-0.2, 0) is 4.79 Å². The van der Waals surface area contributed by atoms with Crippen LogP contribution in [0.2, 0.25) is 0 Å². The molecule has 258 valence electrons. The molecule has 0 saturated carbocycles. The lowest BCUT2D eigenvalue weighted by Gasteiger charge is -2.20. The van der Waals surface area contributed by atoms with Gasteiger partial charge in [0.25, 0.3) is 0 Å². The van der Waals surface area contributed by atoms with Gasteiger partial charge in [0, 0.05) is 6.42 Å². The maximum atomic E-state index is 12.3.